The van der Waals surface area contributed by atoms with Crippen LogP contribution in [0.25, 0.3) is 0 Å². The van der Waals surface area contributed by atoms with Gasteiger partial charge in [0.1, 0.15) is 11.6 Å². The van der Waals surface area contributed by atoms with Gasteiger partial charge in [0.25, 0.3) is 12.4 Å². The van der Waals surface area contributed by atoms with Crippen LogP contribution >= 0.6 is 11.6 Å². The molecule has 6 nitrogen and oxygen atoms in total. The monoisotopic (exact) mass is 584 g/mol. The highest BCUT2D eigenvalue weighted by Crippen LogP contribution is 2.45. The van der Waals surface area contributed by atoms with Gasteiger partial charge in [-0.25, -0.2) is 4.39 Å². The molecule has 3 fully saturated rings. The maximum Gasteiger partial charge on any atom is 0.416 e. The Balaban J connectivity index is 0.00000118. The summed E-state index contributed by atoms with van der Waals surface area (Å²) in [4.78, 5) is 24.9. The third-order valence-corrected chi connectivity index (χ3v) is 7.92. The third-order valence-electron chi connectivity index (χ3n) is 7.69. The molecule has 2 aliphatic heterocycles. The molecule has 1 N–H and O–H groups in total. The lowest BCUT2D eigenvalue weighted by Gasteiger charge is -2.32. The Morgan fingerprint density at radius 3 is 2.30 bits per heavy atom. The van der Waals surface area contributed by atoms with Crippen LogP contribution in [-0.4, -0.2) is 60.1 Å². The van der Waals surface area contributed by atoms with Crippen LogP contribution in [0.15, 0.2) is 30.3 Å². The number of halogens is 5. The summed E-state index contributed by atoms with van der Waals surface area (Å²) in [6.07, 6.45) is 1.03. The molecule has 0 aromatic heterocycles. The second-order valence-corrected chi connectivity index (χ2v) is 11.0. The summed E-state index contributed by atoms with van der Waals surface area (Å²) >= 11 is 5.97. The molecule has 11 heteroatoms. The van der Waals surface area contributed by atoms with Crippen LogP contribution in [0.2, 0.25) is 5.02 Å². The Morgan fingerprint density at radius 1 is 1.05 bits per heavy atom. The summed E-state index contributed by atoms with van der Waals surface area (Å²) in [5.41, 5.74) is 0.567. The van der Waals surface area contributed by atoms with E-state index in [4.69, 9.17) is 26.2 Å². The van der Waals surface area contributed by atoms with Crippen molar-refractivity contribution in [3.8, 4) is 5.75 Å². The van der Waals surface area contributed by atoms with E-state index in [1.54, 1.807) is 11.0 Å². The summed E-state index contributed by atoms with van der Waals surface area (Å²) in [5.74, 6) is 0.230. The number of hydrogen-bond acceptors (Lipinski definition) is 4. The highest BCUT2D eigenvalue weighted by atomic mass is 35.5. The highest BCUT2D eigenvalue weighted by Gasteiger charge is 2.34. The van der Waals surface area contributed by atoms with Gasteiger partial charge in [-0.15, -0.1) is 0 Å². The number of ether oxygens (including phenoxy) is 1. The van der Waals surface area contributed by atoms with Gasteiger partial charge in [0.2, 0.25) is 0 Å². The minimum Gasteiger partial charge on any atom is -0.493 e. The number of hydrogen-bond donors (Lipinski definition) is 1. The third kappa shape index (κ3) is 7.66. The van der Waals surface area contributed by atoms with Crippen molar-refractivity contribution < 1.29 is 37.0 Å². The first kappa shape index (κ1) is 30.1. The van der Waals surface area contributed by atoms with E-state index in [1.165, 1.54) is 18.2 Å². The van der Waals surface area contributed by atoms with E-state index in [9.17, 15) is 22.4 Å². The Hall–Kier alpha value is -2.85. The molecule has 1 amide bonds. The molecule has 5 rings (SSSR count). The Morgan fingerprint density at radius 2 is 1.70 bits per heavy atom. The van der Waals surface area contributed by atoms with E-state index < -0.39 is 17.6 Å². The minimum absolute atomic E-state index is 0.128. The van der Waals surface area contributed by atoms with Crippen LogP contribution < -0.4 is 4.74 Å². The van der Waals surface area contributed by atoms with Gasteiger partial charge in [-0.3, -0.25) is 14.5 Å². The van der Waals surface area contributed by atoms with Crippen LogP contribution in [-0.2, 0) is 17.5 Å². The van der Waals surface area contributed by atoms with Crippen LogP contribution in [0.3, 0.4) is 0 Å². The lowest BCUT2D eigenvalue weighted by Crippen LogP contribution is -2.35. The Bertz CT molecular complexity index is 1190. The quantitative estimate of drug-likeness (QED) is 0.293. The number of alkyl halides is 3. The molecule has 1 saturated carbocycles. The minimum atomic E-state index is -4.42. The van der Waals surface area contributed by atoms with Crippen LogP contribution in [0.1, 0.15) is 71.5 Å². The molecule has 40 heavy (non-hydrogen) atoms. The Kier molecular flexibility index (Phi) is 9.94. The number of piperidine rings is 1. The second kappa shape index (κ2) is 13.2. The highest BCUT2D eigenvalue weighted by molar-refractivity contribution is 6.30. The van der Waals surface area contributed by atoms with Crippen LogP contribution in [0, 0.1) is 11.7 Å². The molecule has 0 radical (unpaired) electrons. The van der Waals surface area contributed by atoms with Crippen molar-refractivity contribution in [2.45, 2.75) is 57.2 Å². The molecule has 1 aliphatic carbocycles. The molecule has 0 spiro atoms. The molecular formula is C29H33ClF4N2O4. The largest absolute Gasteiger partial charge is 0.493 e. The average Bonchev–Trinajstić information content (AvgIpc) is 3.60. The zero-order valence-electron chi connectivity index (χ0n) is 22.1. The van der Waals surface area contributed by atoms with E-state index in [-0.39, 0.29) is 41.0 Å². The van der Waals surface area contributed by atoms with Gasteiger partial charge < -0.3 is 14.7 Å². The average molecular weight is 585 g/mol. The normalized spacial score (nSPS) is 18.3. The molecule has 2 aromatic rings. The van der Waals surface area contributed by atoms with Crippen LogP contribution in [0.5, 0.6) is 5.75 Å². The molecule has 0 atom stereocenters. The Labute approximate surface area is 235 Å². The maximum atomic E-state index is 15.0. The zero-order chi connectivity index (χ0) is 28.9. The number of likely N-dealkylation sites (tertiary alicyclic amines) is 2. The van der Waals surface area contributed by atoms with Crippen LogP contribution in [0.4, 0.5) is 17.6 Å². The lowest BCUT2D eigenvalue weighted by atomic mass is 9.96. The number of carbonyl (C=O) groups is 2. The number of benzene rings is 2. The summed E-state index contributed by atoms with van der Waals surface area (Å²) in [6, 6.07) is 6.76. The number of rotatable bonds is 7. The van der Waals surface area contributed by atoms with Crippen molar-refractivity contribution in [3.05, 3.63) is 63.4 Å². The molecule has 2 aromatic carbocycles. The van der Waals surface area contributed by atoms with Crippen molar-refractivity contribution in [2.75, 3.05) is 32.8 Å². The standard InChI is InChI=1S/C28H31ClF4N2O2.CH2O2/c29-21-5-6-24(28(31,32)33)20(13-21)16-34-11-7-18(8-12-34)17-37-26-15-25(30)23(14-22(26)19-3-4-19)27(36)35-9-1-2-10-35;2-1-3/h5-6,13-15,18-19H,1-4,7-12,16-17H2;1H,(H,2,3). The van der Waals surface area contributed by atoms with Gasteiger partial charge in [0.15, 0.2) is 0 Å². The summed E-state index contributed by atoms with van der Waals surface area (Å²) in [6.45, 7) is 2.98. The summed E-state index contributed by atoms with van der Waals surface area (Å²) in [5, 5.41) is 7.18. The van der Waals surface area contributed by atoms with E-state index in [0.717, 1.165) is 50.2 Å². The first-order chi connectivity index (χ1) is 19.1. The van der Waals surface area contributed by atoms with Crippen molar-refractivity contribution in [1.82, 2.24) is 9.80 Å². The van der Waals surface area contributed by atoms with Gasteiger partial charge in [-0.2, -0.15) is 13.2 Å². The number of nitrogens with zero attached hydrogens (tertiary/aromatic N) is 2. The zero-order valence-corrected chi connectivity index (χ0v) is 22.8. The van der Waals surface area contributed by atoms with Gasteiger partial charge in [-0.05, 0) is 98.8 Å². The van der Waals surface area contributed by atoms with Crippen molar-refractivity contribution in [3.63, 3.8) is 0 Å². The first-order valence-corrected chi connectivity index (χ1v) is 13.9. The number of carbonyl (C=O) groups excluding carboxylic acids is 1. The molecular weight excluding hydrogens is 552 g/mol. The van der Waals surface area contributed by atoms with Gasteiger partial charge in [0, 0.05) is 30.7 Å². The molecule has 0 unspecified atom stereocenters. The molecule has 0 bridgehead atoms. The lowest BCUT2D eigenvalue weighted by molar-refractivity contribution is -0.138. The van der Waals surface area contributed by atoms with Crippen molar-refractivity contribution >= 4 is 24.0 Å². The van der Waals surface area contributed by atoms with Gasteiger partial charge in [0.05, 0.1) is 17.7 Å². The summed E-state index contributed by atoms with van der Waals surface area (Å²) < 4.78 is 61.3. The van der Waals surface area contributed by atoms with E-state index in [1.807, 2.05) is 4.90 Å². The van der Waals surface area contributed by atoms with Crippen molar-refractivity contribution in [1.29, 1.82) is 0 Å². The second-order valence-electron chi connectivity index (χ2n) is 10.6. The van der Waals surface area contributed by atoms with E-state index in [0.29, 0.717) is 44.5 Å². The fraction of sp³-hybridized carbons (Fsp3) is 0.517. The van der Waals surface area contributed by atoms with Gasteiger partial charge >= 0.3 is 6.18 Å². The smallest absolute Gasteiger partial charge is 0.416 e. The van der Waals surface area contributed by atoms with E-state index in [2.05, 4.69) is 0 Å². The summed E-state index contributed by atoms with van der Waals surface area (Å²) in [7, 11) is 0. The number of amides is 1. The van der Waals surface area contributed by atoms with Gasteiger partial charge in [-0.1, -0.05) is 11.6 Å². The van der Waals surface area contributed by atoms with E-state index >= 15 is 0 Å². The SMILES string of the molecule is O=C(c1cc(C2CC2)c(OCC2CCN(Cc3cc(Cl)ccc3C(F)(F)F)CC2)cc1F)N1CCCC1.O=CO. The maximum absolute atomic E-state index is 15.0. The molecule has 2 saturated heterocycles. The number of carboxylic acid groups (broad SMARTS) is 1. The van der Waals surface area contributed by atoms with Crippen molar-refractivity contribution in [2.24, 2.45) is 5.92 Å². The fourth-order valence-corrected chi connectivity index (χ4v) is 5.59. The predicted octanol–water partition coefficient (Wildman–Crippen LogP) is 6.60. The topological polar surface area (TPSA) is 70.1 Å². The molecule has 3 aliphatic rings. The first-order valence-electron chi connectivity index (χ1n) is 13.5. The fourth-order valence-electron chi connectivity index (χ4n) is 5.39. The molecule has 2 heterocycles. The molecule has 218 valence electrons. The predicted molar refractivity (Wildman–Crippen MR) is 142 cm³/mol.